The van der Waals surface area contributed by atoms with Crippen LogP contribution in [0.4, 0.5) is 0 Å². The van der Waals surface area contributed by atoms with Crippen molar-refractivity contribution in [3.63, 3.8) is 0 Å². The minimum Gasteiger partial charge on any atom is -0.482 e. The third-order valence-electron chi connectivity index (χ3n) is 30.5. The molecule has 0 heterocycles. The van der Waals surface area contributed by atoms with Crippen molar-refractivity contribution >= 4 is 47.8 Å². The number of carboxylic acids is 4. The lowest BCUT2D eigenvalue weighted by Gasteiger charge is -2.33. The minimum absolute atomic E-state index is 0.0776. The minimum atomic E-state index is -1.13. The van der Waals surface area contributed by atoms with Crippen molar-refractivity contribution < 1.29 is 132 Å². The van der Waals surface area contributed by atoms with Gasteiger partial charge in [0.25, 0.3) is 0 Å². The largest absolute Gasteiger partial charge is 0.482 e. The van der Waals surface area contributed by atoms with Crippen LogP contribution in [0.15, 0.2) is 72.8 Å². The summed E-state index contributed by atoms with van der Waals surface area (Å²) >= 11 is 0. The first kappa shape index (κ1) is 110. The van der Waals surface area contributed by atoms with Gasteiger partial charge in [-0.05, 0) is 347 Å². The van der Waals surface area contributed by atoms with E-state index in [0.717, 1.165) is 253 Å². The highest BCUT2D eigenvalue weighted by atomic mass is 16.6. The fourth-order valence-electron chi connectivity index (χ4n) is 22.8. The van der Waals surface area contributed by atoms with Gasteiger partial charge in [0.1, 0.15) is 53.5 Å². The Bertz CT molecular complexity index is 4030. The van der Waals surface area contributed by atoms with Crippen molar-refractivity contribution in [2.24, 2.45) is 76.9 Å². The van der Waals surface area contributed by atoms with Crippen LogP contribution < -0.4 is 18.9 Å². The van der Waals surface area contributed by atoms with Gasteiger partial charge in [0, 0.05) is 14.2 Å². The van der Waals surface area contributed by atoms with Crippen LogP contribution in [0.25, 0.3) is 0 Å². The second-order valence-corrected chi connectivity index (χ2v) is 39.8. The molecule has 27 nitrogen and oxygen atoms in total. The summed E-state index contributed by atoms with van der Waals surface area (Å²) in [5, 5.41) is 89.2. The van der Waals surface area contributed by atoms with Crippen molar-refractivity contribution in [2.45, 2.75) is 367 Å². The summed E-state index contributed by atoms with van der Waals surface area (Å²) in [7, 11) is 3.01. The first-order valence-electron chi connectivity index (χ1n) is 50.9. The molecule has 0 saturated heterocycles. The van der Waals surface area contributed by atoms with Crippen LogP contribution >= 0.6 is 0 Å². The number of hydrogen-bond acceptors (Lipinski definition) is 23. The number of ether oxygens (including phenoxy) is 10. The number of benzene rings is 4. The molecule has 4 fully saturated rings. The van der Waals surface area contributed by atoms with Gasteiger partial charge in [-0.15, -0.1) is 0 Å². The van der Waals surface area contributed by atoms with Crippen molar-refractivity contribution in [3.05, 3.63) is 117 Å². The van der Waals surface area contributed by atoms with E-state index >= 15 is 0 Å². The summed E-state index contributed by atoms with van der Waals surface area (Å²) in [6.45, 7) is 16.0. The number of aliphatic hydroxyl groups excluding tert-OH is 5. The number of aliphatic hydroxyl groups is 5. The second kappa shape index (κ2) is 56.0. The third-order valence-corrected chi connectivity index (χ3v) is 30.5. The molecule has 9 N–H and O–H groups in total. The molecule has 754 valence electrons. The number of methoxy groups -OCH3 is 2. The molecule has 27 heteroatoms. The smallest absolute Gasteiger partial charge is 0.341 e. The Morgan fingerprint density at radius 2 is 0.563 bits per heavy atom. The average molecular weight is 1890 g/mol. The van der Waals surface area contributed by atoms with Crippen molar-refractivity contribution in [1.29, 1.82) is 0 Å². The van der Waals surface area contributed by atoms with E-state index < -0.39 is 54.3 Å². The maximum atomic E-state index is 12.5. The molecule has 0 amide bonds. The molecule has 0 spiro atoms. The SMILES string of the molecule is CCCCC[C@@H](CC[C@@H]1[C@H]2Cc3cccc(OCC(=O)O)c3C[C@H]2C[C@H]1O)OC(=O)[C@@H](C)CC.CCCCC[C@@H](CC[C@@H]1[C@H]2Cc3cccc(OCC(=O)O)c3C[C@H]2C[C@H]1O)OC(=O)[C@@H](C)OC.CCCCC[C@@H](CC[C@@H]1[C@H]2Cc3cccc(OCC(=O)O)c3C[C@H]2C[C@H]1O)OC(=O)[C@H](C)O.CCCCC[C@@H](CC[C@@H]1[C@H]2Cc3cccc(OCC(=O)O)c3C[C@H]2C[C@H]1O)OC(=O)[C@H](C)OC. The third kappa shape index (κ3) is 32.9. The number of carboxylic acid groups (broad SMARTS) is 4. The lowest BCUT2D eigenvalue weighted by atomic mass is 9.73. The Morgan fingerprint density at radius 3 is 0.778 bits per heavy atom. The molecule has 0 radical (unpaired) electrons. The topological polar surface area (TPSA) is 411 Å². The Labute approximate surface area is 800 Å². The zero-order valence-corrected chi connectivity index (χ0v) is 82.1. The van der Waals surface area contributed by atoms with E-state index in [1.54, 1.807) is 13.8 Å². The van der Waals surface area contributed by atoms with Crippen molar-refractivity contribution in [2.75, 3.05) is 40.6 Å². The number of hydrogen-bond donors (Lipinski definition) is 9. The summed E-state index contributed by atoms with van der Waals surface area (Å²) < 4.78 is 55.4. The van der Waals surface area contributed by atoms with Gasteiger partial charge in [-0.3, -0.25) is 4.79 Å². The standard InChI is InChI=1S/C28H42O6.2C27H40O7.C26H38O7/c1-4-6-7-10-21(34-28(32)18(3)5-2)12-13-22-23-14-19-9-8-11-26(33-17-27(30)31)24(19)15-20(23)16-25(22)29;2*1-4-5-6-9-20(34-27(31)17(2)32-3)11-12-21-22-13-18-8-7-10-25(33-16-26(29)30)23(18)14-19(22)15-24(21)28;1-3-4-5-8-19(33-26(31)16(2)27)10-11-20-21-12-17-7-6-9-24(32-15-25(29)30)22(17)13-18(21)14-23(20)28/h8-9,11,18,20-23,25,29H,4-7,10,12-17H2,1-3H3,(H,30,31);2*7-8,10,17,19-22,24,28H,4-6,9,11-16H2,1-3H3,(H,29,30);6-7,9,16,18-21,23,27-28H,3-5,8,10-15H2,1-2H3,(H,29,30)/t18-,20-,21-,22+,23-,25+;17-,19+,20+,21-,22+,24-;17-,19-,20-,21+,22-,24+;16-,18-,19-,20+,21-,23+/m0100/s1. The van der Waals surface area contributed by atoms with Crippen LogP contribution in [-0.4, -0.2) is 202 Å². The molecule has 0 aliphatic heterocycles. The quantitative estimate of drug-likeness (QED) is 0.0113. The van der Waals surface area contributed by atoms with Crippen LogP contribution in [0.1, 0.15) is 293 Å². The van der Waals surface area contributed by atoms with Gasteiger partial charge in [-0.25, -0.2) is 33.6 Å². The van der Waals surface area contributed by atoms with Crippen LogP contribution in [0.5, 0.6) is 23.0 Å². The van der Waals surface area contributed by atoms with E-state index in [0.29, 0.717) is 76.8 Å². The average Bonchev–Trinajstić information content (AvgIpc) is 1.64. The molecule has 135 heavy (non-hydrogen) atoms. The van der Waals surface area contributed by atoms with E-state index in [4.69, 9.17) is 67.8 Å². The molecule has 8 aliphatic carbocycles. The van der Waals surface area contributed by atoms with E-state index in [1.165, 1.54) is 43.4 Å². The van der Waals surface area contributed by atoms with E-state index in [9.17, 15) is 63.9 Å². The molecule has 4 aromatic carbocycles. The Kier molecular flexibility index (Phi) is 45.7. The predicted molar refractivity (Wildman–Crippen MR) is 509 cm³/mol. The van der Waals surface area contributed by atoms with Gasteiger partial charge in [0.15, 0.2) is 38.6 Å². The summed E-state index contributed by atoms with van der Waals surface area (Å²) in [5.41, 5.74) is 9.06. The molecular formula is C108H160O27. The zero-order chi connectivity index (χ0) is 98.0. The monoisotopic (exact) mass is 1890 g/mol. The number of rotatable bonds is 51. The summed E-state index contributed by atoms with van der Waals surface area (Å²) in [5.74, 6) is 0.681. The van der Waals surface area contributed by atoms with Crippen LogP contribution in [0.2, 0.25) is 0 Å². The van der Waals surface area contributed by atoms with Gasteiger partial charge in [0.2, 0.25) is 0 Å². The summed E-state index contributed by atoms with van der Waals surface area (Å²) in [6, 6.07) is 23.3. The highest BCUT2D eigenvalue weighted by Gasteiger charge is 2.50. The van der Waals surface area contributed by atoms with E-state index in [-0.39, 0.29) is 117 Å². The van der Waals surface area contributed by atoms with Gasteiger partial charge in [0.05, 0.1) is 30.3 Å². The van der Waals surface area contributed by atoms with Gasteiger partial charge >= 0.3 is 47.8 Å². The fraction of sp³-hybridized carbons (Fsp3) is 0.704. The molecule has 0 unspecified atom stereocenters. The van der Waals surface area contributed by atoms with Gasteiger partial charge in [-0.1, -0.05) is 141 Å². The summed E-state index contributed by atoms with van der Waals surface area (Å²) in [6.07, 6.45) is 28.4. The Morgan fingerprint density at radius 1 is 0.326 bits per heavy atom. The van der Waals surface area contributed by atoms with Crippen molar-refractivity contribution in [3.8, 4) is 23.0 Å². The molecule has 0 aromatic heterocycles. The Hall–Kier alpha value is -8.44. The number of fused-ring (bicyclic) bond motifs is 8. The number of carbonyl (C=O) groups excluding carboxylic acids is 4. The van der Waals surface area contributed by atoms with Crippen LogP contribution in [-0.2, 0) is 118 Å². The number of carbonyl (C=O) groups is 8. The molecular weight excluding hydrogens is 1730 g/mol. The molecule has 8 aliphatic rings. The maximum absolute atomic E-state index is 12.5. The summed E-state index contributed by atoms with van der Waals surface area (Å²) in [4.78, 5) is 92.8. The highest BCUT2D eigenvalue weighted by molar-refractivity contribution is 5.75. The Balaban J connectivity index is 0.000000202. The van der Waals surface area contributed by atoms with E-state index in [1.807, 2.05) is 62.4 Å². The van der Waals surface area contributed by atoms with Crippen LogP contribution in [0.3, 0.4) is 0 Å². The van der Waals surface area contributed by atoms with Crippen molar-refractivity contribution in [1.82, 2.24) is 0 Å². The predicted octanol–water partition coefficient (Wildman–Crippen LogP) is 17.0. The number of esters is 4. The maximum Gasteiger partial charge on any atom is 0.341 e. The van der Waals surface area contributed by atoms with E-state index in [2.05, 4.69) is 52.0 Å². The first-order chi connectivity index (χ1) is 64.8. The fourth-order valence-corrected chi connectivity index (χ4v) is 22.8. The first-order valence-corrected chi connectivity index (χ1v) is 50.9. The van der Waals surface area contributed by atoms with Gasteiger partial charge < -0.3 is 93.3 Å². The number of aliphatic carboxylic acids is 4. The molecule has 12 rings (SSSR count). The zero-order valence-electron chi connectivity index (χ0n) is 82.1. The van der Waals surface area contributed by atoms with Crippen LogP contribution in [0, 0.1) is 76.9 Å². The highest BCUT2D eigenvalue weighted by Crippen LogP contribution is 2.54. The molecule has 4 aromatic rings. The second-order valence-electron chi connectivity index (χ2n) is 39.8. The molecule has 4 saturated carbocycles. The lowest BCUT2D eigenvalue weighted by Crippen LogP contribution is -2.30. The molecule has 0 bridgehead atoms. The molecule has 24 atom stereocenters. The number of unbranched alkanes of at least 4 members (excludes halogenated alkanes) is 8. The lowest BCUT2D eigenvalue weighted by molar-refractivity contribution is -0.161. The normalized spacial score (nSPS) is 25.3. The van der Waals surface area contributed by atoms with Gasteiger partial charge in [-0.2, -0.15) is 0 Å².